The van der Waals surface area contributed by atoms with Crippen LogP contribution in [0.4, 0.5) is 18.9 Å². The van der Waals surface area contributed by atoms with Crippen molar-refractivity contribution in [2.24, 2.45) is 0 Å². The van der Waals surface area contributed by atoms with Gasteiger partial charge in [-0.1, -0.05) is 0 Å². The number of alkyl halides is 3. The van der Waals surface area contributed by atoms with Crippen molar-refractivity contribution in [1.29, 1.82) is 5.26 Å². The van der Waals surface area contributed by atoms with Gasteiger partial charge >= 0.3 is 6.18 Å². The van der Waals surface area contributed by atoms with E-state index in [2.05, 4.69) is 5.10 Å². The third-order valence-corrected chi connectivity index (χ3v) is 2.41. The van der Waals surface area contributed by atoms with E-state index in [1.807, 2.05) is 6.07 Å². The molecule has 0 radical (unpaired) electrons. The number of aromatic nitrogens is 2. The Hall–Kier alpha value is -2.49. The molecule has 0 aliphatic carbocycles. The lowest BCUT2D eigenvalue weighted by atomic mass is 10.2. The largest absolute Gasteiger partial charge is 0.399 e. The van der Waals surface area contributed by atoms with Crippen LogP contribution in [0.2, 0.25) is 0 Å². The second-order valence-corrected chi connectivity index (χ2v) is 3.93. The molecule has 0 saturated carbocycles. The molecule has 19 heavy (non-hydrogen) atoms. The fourth-order valence-electron chi connectivity index (χ4n) is 1.64. The number of nitriles is 1. The summed E-state index contributed by atoms with van der Waals surface area (Å²) in [6, 6.07) is 7.74. The fourth-order valence-corrected chi connectivity index (χ4v) is 1.64. The monoisotopic (exact) mass is 266 g/mol. The zero-order valence-electron chi connectivity index (χ0n) is 9.65. The van der Waals surface area contributed by atoms with E-state index in [0.717, 1.165) is 0 Å². The first kappa shape index (κ1) is 13.0. The van der Waals surface area contributed by atoms with Gasteiger partial charge < -0.3 is 5.73 Å². The summed E-state index contributed by atoms with van der Waals surface area (Å²) in [7, 11) is 0. The van der Waals surface area contributed by atoms with E-state index in [0.29, 0.717) is 11.4 Å². The first-order valence-electron chi connectivity index (χ1n) is 5.30. The number of nitrogens with two attached hydrogens (primary N) is 1. The molecule has 0 aliphatic rings. The zero-order valence-corrected chi connectivity index (χ0v) is 9.65. The smallest absolute Gasteiger partial charge is 0.394 e. The van der Waals surface area contributed by atoms with Crippen LogP contribution in [-0.4, -0.2) is 16.0 Å². The number of nitrogens with zero attached hydrogens (tertiary/aromatic N) is 3. The van der Waals surface area contributed by atoms with E-state index in [9.17, 15) is 13.2 Å². The third kappa shape index (κ3) is 3.04. The molecule has 7 heteroatoms. The topological polar surface area (TPSA) is 67.6 Å². The van der Waals surface area contributed by atoms with Crippen molar-refractivity contribution in [3.63, 3.8) is 0 Å². The first-order valence-corrected chi connectivity index (χ1v) is 5.30. The van der Waals surface area contributed by atoms with Gasteiger partial charge in [0, 0.05) is 11.9 Å². The summed E-state index contributed by atoms with van der Waals surface area (Å²) >= 11 is 0. The highest BCUT2D eigenvalue weighted by atomic mass is 19.4. The zero-order chi connectivity index (χ0) is 14.0. The summed E-state index contributed by atoms with van der Waals surface area (Å²) in [5, 5.41) is 12.8. The Bertz CT molecular complexity index is 637. The van der Waals surface area contributed by atoms with Crippen LogP contribution in [-0.2, 0) is 6.42 Å². The average molecular weight is 266 g/mol. The van der Waals surface area contributed by atoms with Crippen molar-refractivity contribution in [1.82, 2.24) is 9.78 Å². The molecular formula is C12H9F3N4. The highest BCUT2D eigenvalue weighted by molar-refractivity contribution is 5.56. The Kier molecular flexibility index (Phi) is 3.17. The van der Waals surface area contributed by atoms with Crippen LogP contribution in [0, 0.1) is 11.3 Å². The van der Waals surface area contributed by atoms with Gasteiger partial charge in [-0.15, -0.1) is 0 Å². The molecule has 1 aromatic heterocycles. The molecule has 2 rings (SSSR count). The Morgan fingerprint density at radius 1 is 1.32 bits per heavy atom. The van der Waals surface area contributed by atoms with E-state index in [1.54, 1.807) is 6.07 Å². The molecule has 1 aromatic carbocycles. The fraction of sp³-hybridized carbons (Fsp3) is 0.167. The number of nitrogen functional groups attached to an aromatic ring is 1. The molecule has 0 amide bonds. The molecule has 0 atom stereocenters. The van der Waals surface area contributed by atoms with Crippen LogP contribution in [0.1, 0.15) is 11.3 Å². The van der Waals surface area contributed by atoms with E-state index < -0.39 is 12.6 Å². The highest BCUT2D eigenvalue weighted by Gasteiger charge is 2.29. The molecule has 0 bridgehead atoms. The quantitative estimate of drug-likeness (QED) is 0.849. The van der Waals surface area contributed by atoms with Gasteiger partial charge in [0.2, 0.25) is 0 Å². The van der Waals surface area contributed by atoms with Gasteiger partial charge in [0.25, 0.3) is 0 Å². The predicted octanol–water partition coefficient (Wildman–Crippen LogP) is 2.43. The lowest BCUT2D eigenvalue weighted by Gasteiger charge is -2.05. The van der Waals surface area contributed by atoms with E-state index in [-0.39, 0.29) is 11.3 Å². The van der Waals surface area contributed by atoms with Gasteiger partial charge in [0.1, 0.15) is 6.07 Å². The van der Waals surface area contributed by atoms with Crippen LogP contribution in [0.15, 0.2) is 30.5 Å². The van der Waals surface area contributed by atoms with Crippen molar-refractivity contribution >= 4 is 5.69 Å². The Balaban J connectivity index is 2.36. The van der Waals surface area contributed by atoms with Crippen LogP contribution in [0.5, 0.6) is 0 Å². The van der Waals surface area contributed by atoms with Crippen LogP contribution < -0.4 is 5.73 Å². The van der Waals surface area contributed by atoms with Crippen molar-refractivity contribution in [3.05, 3.63) is 41.7 Å². The lowest BCUT2D eigenvalue weighted by Crippen LogP contribution is -2.12. The predicted molar refractivity (Wildman–Crippen MR) is 62.5 cm³/mol. The molecule has 0 saturated heterocycles. The minimum atomic E-state index is -4.31. The molecule has 0 aliphatic heterocycles. The average Bonchev–Trinajstić information content (AvgIpc) is 2.74. The third-order valence-electron chi connectivity index (χ3n) is 2.41. The second kappa shape index (κ2) is 4.65. The maximum absolute atomic E-state index is 12.2. The number of hydrogen-bond acceptors (Lipinski definition) is 3. The summed E-state index contributed by atoms with van der Waals surface area (Å²) in [6.45, 7) is 0. The summed E-state index contributed by atoms with van der Waals surface area (Å²) < 4.78 is 37.9. The molecule has 1 heterocycles. The molecular weight excluding hydrogens is 257 g/mol. The van der Waals surface area contributed by atoms with Crippen LogP contribution in [0.3, 0.4) is 0 Å². The Morgan fingerprint density at radius 3 is 2.68 bits per heavy atom. The number of benzene rings is 1. The normalized spacial score (nSPS) is 11.3. The van der Waals surface area contributed by atoms with Crippen molar-refractivity contribution in [3.8, 4) is 11.8 Å². The summed E-state index contributed by atoms with van der Waals surface area (Å²) in [5.41, 5.74) is 6.49. The molecule has 0 unspecified atom stereocenters. The van der Waals surface area contributed by atoms with Crippen molar-refractivity contribution in [2.75, 3.05) is 5.73 Å². The lowest BCUT2D eigenvalue weighted by molar-refractivity contribution is -0.127. The number of hydrogen-bond donors (Lipinski definition) is 1. The molecule has 4 nitrogen and oxygen atoms in total. The number of anilines is 1. The minimum absolute atomic E-state index is 0.104. The molecule has 0 spiro atoms. The Morgan fingerprint density at radius 2 is 2.05 bits per heavy atom. The van der Waals surface area contributed by atoms with Gasteiger partial charge in [0.15, 0.2) is 0 Å². The van der Waals surface area contributed by atoms with Gasteiger partial charge in [0.05, 0.1) is 23.4 Å². The maximum atomic E-state index is 12.2. The summed E-state index contributed by atoms with van der Waals surface area (Å²) in [6.07, 6.45) is -4.03. The molecule has 2 N–H and O–H groups in total. The second-order valence-electron chi connectivity index (χ2n) is 3.93. The van der Waals surface area contributed by atoms with E-state index in [1.165, 1.54) is 29.1 Å². The summed E-state index contributed by atoms with van der Waals surface area (Å²) in [5.74, 6) is 0. The van der Waals surface area contributed by atoms with E-state index in [4.69, 9.17) is 11.0 Å². The van der Waals surface area contributed by atoms with Crippen molar-refractivity contribution < 1.29 is 13.2 Å². The maximum Gasteiger partial charge on any atom is 0.394 e. The molecule has 0 fully saturated rings. The number of rotatable bonds is 2. The van der Waals surface area contributed by atoms with Gasteiger partial charge in [-0.05, 0) is 24.3 Å². The van der Waals surface area contributed by atoms with E-state index >= 15 is 0 Å². The van der Waals surface area contributed by atoms with Crippen LogP contribution in [0.25, 0.3) is 5.69 Å². The standard InChI is InChI=1S/C12H9F3N4/c13-12(14,15)6-10-3-4-19(18-10)11-2-1-9(17)5-8(11)7-16/h1-5H,6,17H2. The first-order chi connectivity index (χ1) is 8.89. The van der Waals surface area contributed by atoms with Gasteiger partial charge in [-0.25, -0.2) is 4.68 Å². The highest BCUT2D eigenvalue weighted by Crippen LogP contribution is 2.22. The van der Waals surface area contributed by atoms with Gasteiger partial charge in [-0.2, -0.15) is 23.5 Å². The van der Waals surface area contributed by atoms with Crippen molar-refractivity contribution in [2.45, 2.75) is 12.6 Å². The Labute approximate surface area is 106 Å². The minimum Gasteiger partial charge on any atom is -0.399 e. The number of halogens is 3. The van der Waals surface area contributed by atoms with Gasteiger partial charge in [-0.3, -0.25) is 0 Å². The SMILES string of the molecule is N#Cc1cc(N)ccc1-n1ccc(CC(F)(F)F)n1. The molecule has 98 valence electrons. The summed E-state index contributed by atoms with van der Waals surface area (Å²) in [4.78, 5) is 0. The van der Waals surface area contributed by atoms with Crippen LogP contribution >= 0.6 is 0 Å². The molecule has 2 aromatic rings.